The van der Waals surface area contributed by atoms with E-state index in [9.17, 15) is 13.2 Å². The molecule has 30 heavy (non-hydrogen) atoms. The van der Waals surface area contributed by atoms with Crippen molar-refractivity contribution in [2.75, 3.05) is 31.2 Å². The van der Waals surface area contributed by atoms with E-state index in [2.05, 4.69) is 15.2 Å². The first-order valence-electron chi connectivity index (χ1n) is 9.38. The summed E-state index contributed by atoms with van der Waals surface area (Å²) < 4.78 is 51.8. The molecule has 1 aliphatic rings. The minimum atomic E-state index is -4.39. The van der Waals surface area contributed by atoms with Crippen molar-refractivity contribution >= 4 is 17.7 Å². The van der Waals surface area contributed by atoms with E-state index >= 15 is 0 Å². The highest BCUT2D eigenvalue weighted by Gasteiger charge is 2.33. The van der Waals surface area contributed by atoms with Crippen LogP contribution in [0.15, 0.2) is 39.9 Å². The van der Waals surface area contributed by atoms with E-state index in [1.165, 1.54) is 0 Å². The van der Waals surface area contributed by atoms with E-state index in [0.717, 1.165) is 21.9 Å². The molecule has 0 aliphatic carbocycles. The number of hydrogen-bond acceptors (Lipinski definition) is 7. The summed E-state index contributed by atoms with van der Waals surface area (Å²) in [6.45, 7) is 2.48. The molecule has 0 unspecified atom stereocenters. The first-order chi connectivity index (χ1) is 14.4. The topological polar surface area (TPSA) is 69.2 Å². The van der Waals surface area contributed by atoms with Crippen molar-refractivity contribution in [3.63, 3.8) is 0 Å². The fourth-order valence-electron chi connectivity index (χ4n) is 3.10. The molecule has 11 heteroatoms. The molecule has 0 N–H and O–H groups in total. The normalized spacial score (nSPS) is 15.0. The minimum Gasteiger partial charge on any atom is -0.441 e. The molecule has 160 valence electrons. The smallest absolute Gasteiger partial charge is 0.406 e. The van der Waals surface area contributed by atoms with Crippen LogP contribution in [0.5, 0.6) is 0 Å². The molecule has 1 aromatic carbocycles. The predicted octanol–water partition coefficient (Wildman–Crippen LogP) is 3.93. The van der Waals surface area contributed by atoms with Crippen LogP contribution in [0.2, 0.25) is 0 Å². The third-order valence-corrected chi connectivity index (χ3v) is 5.56. The van der Waals surface area contributed by atoms with Crippen LogP contribution < -0.4 is 4.90 Å². The van der Waals surface area contributed by atoms with Crippen LogP contribution in [0.3, 0.4) is 0 Å². The summed E-state index contributed by atoms with van der Waals surface area (Å²) >= 11 is 1.16. The maximum absolute atomic E-state index is 13.2. The van der Waals surface area contributed by atoms with E-state index in [4.69, 9.17) is 9.15 Å². The zero-order chi connectivity index (χ0) is 21.1. The van der Waals surface area contributed by atoms with Gasteiger partial charge in [-0.25, -0.2) is 4.98 Å². The monoisotopic (exact) mass is 439 g/mol. The second-order valence-electron chi connectivity index (χ2n) is 6.76. The third kappa shape index (κ3) is 4.78. The van der Waals surface area contributed by atoms with Gasteiger partial charge in [-0.2, -0.15) is 13.2 Å². The lowest BCUT2D eigenvalue weighted by Crippen LogP contribution is -2.38. The number of thioether (sulfide) groups is 1. The molecule has 0 atom stereocenters. The van der Waals surface area contributed by atoms with Crippen molar-refractivity contribution in [3.8, 4) is 11.5 Å². The highest BCUT2D eigenvalue weighted by Crippen LogP contribution is 2.31. The molecule has 7 nitrogen and oxygen atoms in total. The van der Waals surface area contributed by atoms with E-state index < -0.39 is 12.7 Å². The number of rotatable bonds is 6. The second kappa shape index (κ2) is 8.68. The van der Waals surface area contributed by atoms with Gasteiger partial charge in [0.1, 0.15) is 12.3 Å². The van der Waals surface area contributed by atoms with Gasteiger partial charge in [-0.3, -0.25) is 4.57 Å². The zero-order valence-electron chi connectivity index (χ0n) is 16.2. The number of benzene rings is 1. The molecule has 1 fully saturated rings. The molecule has 3 heterocycles. The maximum Gasteiger partial charge on any atom is 0.406 e. The van der Waals surface area contributed by atoms with Gasteiger partial charge in [0, 0.05) is 24.4 Å². The number of halogens is 3. The van der Waals surface area contributed by atoms with Crippen molar-refractivity contribution in [1.82, 2.24) is 19.7 Å². The Morgan fingerprint density at radius 1 is 1.10 bits per heavy atom. The van der Waals surface area contributed by atoms with Crippen molar-refractivity contribution in [1.29, 1.82) is 0 Å². The third-order valence-electron chi connectivity index (χ3n) is 4.58. The Morgan fingerprint density at radius 3 is 2.53 bits per heavy atom. The number of anilines is 1. The van der Waals surface area contributed by atoms with Gasteiger partial charge in [-0.1, -0.05) is 30.0 Å². The quantitative estimate of drug-likeness (QED) is 0.539. The number of aryl methyl sites for hydroxylation is 1. The number of oxazole rings is 1. The SMILES string of the molecule is Cc1oc(-c2ccccc2)nc1CSc1nnc(N2CCOCC2)n1CC(F)(F)F. The summed E-state index contributed by atoms with van der Waals surface area (Å²) in [4.78, 5) is 6.27. The molecule has 3 aromatic rings. The number of aromatic nitrogens is 4. The lowest BCUT2D eigenvalue weighted by molar-refractivity contribution is -0.141. The van der Waals surface area contributed by atoms with Crippen LogP contribution in [0.1, 0.15) is 11.5 Å². The van der Waals surface area contributed by atoms with Crippen LogP contribution in [0, 0.1) is 6.92 Å². The fourth-order valence-corrected chi connectivity index (χ4v) is 4.04. The van der Waals surface area contributed by atoms with Gasteiger partial charge in [-0.15, -0.1) is 10.2 Å². The first kappa shape index (κ1) is 20.7. The number of alkyl halides is 3. The van der Waals surface area contributed by atoms with Crippen LogP contribution in [-0.4, -0.2) is 52.2 Å². The number of morpholine rings is 1. The maximum atomic E-state index is 13.2. The molecule has 0 bridgehead atoms. The van der Waals surface area contributed by atoms with E-state index in [1.54, 1.807) is 11.8 Å². The van der Waals surface area contributed by atoms with E-state index in [1.807, 2.05) is 30.3 Å². The van der Waals surface area contributed by atoms with E-state index in [0.29, 0.717) is 49.4 Å². The molecule has 0 radical (unpaired) electrons. The molecule has 1 aliphatic heterocycles. The molecule has 0 spiro atoms. The summed E-state index contributed by atoms with van der Waals surface area (Å²) in [6.07, 6.45) is -4.39. The Bertz CT molecular complexity index is 984. The molecule has 0 saturated carbocycles. The Morgan fingerprint density at radius 2 is 1.83 bits per heavy atom. The van der Waals surface area contributed by atoms with Gasteiger partial charge in [0.05, 0.1) is 18.9 Å². The first-order valence-corrected chi connectivity index (χ1v) is 10.4. The van der Waals surface area contributed by atoms with Gasteiger partial charge < -0.3 is 14.1 Å². The summed E-state index contributed by atoms with van der Waals surface area (Å²) in [5.74, 6) is 1.63. The summed E-state index contributed by atoms with van der Waals surface area (Å²) in [5.41, 5.74) is 1.50. The van der Waals surface area contributed by atoms with Gasteiger partial charge in [0.25, 0.3) is 0 Å². The van der Waals surface area contributed by atoms with Crippen molar-refractivity contribution in [2.45, 2.75) is 30.6 Å². The average molecular weight is 439 g/mol. The average Bonchev–Trinajstić information content (AvgIpc) is 3.29. The number of ether oxygens (including phenoxy) is 1. The summed E-state index contributed by atoms with van der Waals surface area (Å²) in [6, 6.07) is 9.44. The number of nitrogens with zero attached hydrogens (tertiary/aromatic N) is 5. The Labute approximate surface area is 175 Å². The molecular formula is C19H20F3N5O2S. The highest BCUT2D eigenvalue weighted by molar-refractivity contribution is 7.98. The lowest BCUT2D eigenvalue weighted by atomic mass is 10.2. The Balaban J connectivity index is 1.54. The lowest BCUT2D eigenvalue weighted by Gasteiger charge is -2.28. The summed E-state index contributed by atoms with van der Waals surface area (Å²) in [7, 11) is 0. The van der Waals surface area contributed by atoms with Gasteiger partial charge in [0.15, 0.2) is 5.16 Å². The van der Waals surface area contributed by atoms with Gasteiger partial charge in [-0.05, 0) is 19.1 Å². The highest BCUT2D eigenvalue weighted by atomic mass is 32.2. The number of hydrogen-bond donors (Lipinski definition) is 0. The Hall–Kier alpha value is -2.53. The van der Waals surface area contributed by atoms with Crippen LogP contribution >= 0.6 is 11.8 Å². The van der Waals surface area contributed by atoms with Crippen LogP contribution in [0.4, 0.5) is 19.1 Å². The molecule has 1 saturated heterocycles. The molecule has 0 amide bonds. The van der Waals surface area contributed by atoms with Gasteiger partial charge >= 0.3 is 6.18 Å². The molecule has 4 rings (SSSR count). The molecular weight excluding hydrogens is 419 g/mol. The van der Waals surface area contributed by atoms with E-state index in [-0.39, 0.29) is 11.1 Å². The largest absolute Gasteiger partial charge is 0.441 e. The van der Waals surface area contributed by atoms with Crippen molar-refractivity contribution in [3.05, 3.63) is 41.8 Å². The van der Waals surface area contributed by atoms with Crippen molar-refractivity contribution in [2.24, 2.45) is 0 Å². The second-order valence-corrected chi connectivity index (χ2v) is 7.70. The van der Waals surface area contributed by atoms with Crippen LogP contribution in [0.25, 0.3) is 11.5 Å². The summed E-state index contributed by atoms with van der Waals surface area (Å²) in [5, 5.41) is 8.24. The van der Waals surface area contributed by atoms with Gasteiger partial charge in [0.2, 0.25) is 11.8 Å². The zero-order valence-corrected chi connectivity index (χ0v) is 17.0. The standard InChI is InChI=1S/C19H20F3N5O2S/c1-13-15(23-16(29-13)14-5-3-2-4-6-14)11-30-18-25-24-17(26-7-9-28-10-8-26)27(18)12-19(20,21)22/h2-6H,7-12H2,1H3. The molecule has 2 aromatic heterocycles. The van der Waals surface area contributed by atoms with Crippen LogP contribution in [-0.2, 0) is 17.0 Å². The Kier molecular flexibility index (Phi) is 6.00. The predicted molar refractivity (Wildman–Crippen MR) is 105 cm³/mol. The van der Waals surface area contributed by atoms with Crippen molar-refractivity contribution < 1.29 is 22.3 Å². The fraction of sp³-hybridized carbons (Fsp3) is 0.421. The minimum absolute atomic E-state index is 0.192.